The Labute approximate surface area is 177 Å². The molecular formula is C20H39IN4O. The molecule has 3 rings (SSSR count). The maximum atomic E-state index is 6.04. The molecule has 0 bridgehead atoms. The highest BCUT2D eigenvalue weighted by molar-refractivity contribution is 14.0. The van der Waals surface area contributed by atoms with Gasteiger partial charge in [0.05, 0.1) is 6.10 Å². The number of rotatable bonds is 5. The second-order valence-corrected chi connectivity index (χ2v) is 8.44. The maximum absolute atomic E-state index is 6.04. The molecule has 5 nitrogen and oxygen atoms in total. The van der Waals surface area contributed by atoms with Gasteiger partial charge in [0.2, 0.25) is 0 Å². The minimum Gasteiger partial charge on any atom is -0.378 e. The van der Waals surface area contributed by atoms with Crippen LogP contribution in [0, 0.1) is 5.41 Å². The van der Waals surface area contributed by atoms with E-state index in [0.29, 0.717) is 29.6 Å². The molecule has 26 heavy (non-hydrogen) atoms. The van der Waals surface area contributed by atoms with Crippen LogP contribution in [0.25, 0.3) is 0 Å². The van der Waals surface area contributed by atoms with Crippen molar-refractivity contribution in [3.8, 4) is 0 Å². The fraction of sp³-hybridized carbons (Fsp3) is 0.950. The Balaban J connectivity index is 0.00000243. The molecule has 0 aromatic heterocycles. The van der Waals surface area contributed by atoms with E-state index in [1.54, 1.807) is 0 Å². The highest BCUT2D eigenvalue weighted by Crippen LogP contribution is 2.54. The molecule has 0 aromatic rings. The first-order chi connectivity index (χ1) is 12.1. The minimum atomic E-state index is 0. The molecule has 2 saturated carbocycles. The van der Waals surface area contributed by atoms with Crippen molar-refractivity contribution in [3.63, 3.8) is 0 Å². The van der Waals surface area contributed by atoms with E-state index in [4.69, 9.17) is 4.74 Å². The van der Waals surface area contributed by atoms with Gasteiger partial charge >= 0.3 is 0 Å². The molecule has 3 fully saturated rings. The molecule has 2 unspecified atom stereocenters. The molecule has 6 heteroatoms. The summed E-state index contributed by atoms with van der Waals surface area (Å²) in [5.74, 6) is 0.995. The Morgan fingerprint density at radius 2 is 1.85 bits per heavy atom. The number of hydrogen-bond donors (Lipinski definition) is 2. The van der Waals surface area contributed by atoms with E-state index in [1.165, 1.54) is 51.6 Å². The Kier molecular flexibility index (Phi) is 8.47. The lowest BCUT2D eigenvalue weighted by Gasteiger charge is -2.54. The van der Waals surface area contributed by atoms with Gasteiger partial charge in [-0.1, -0.05) is 12.8 Å². The van der Waals surface area contributed by atoms with Gasteiger partial charge in [-0.2, -0.15) is 0 Å². The van der Waals surface area contributed by atoms with Gasteiger partial charge in [0.25, 0.3) is 0 Å². The summed E-state index contributed by atoms with van der Waals surface area (Å²) in [5, 5.41) is 7.44. The summed E-state index contributed by atoms with van der Waals surface area (Å²) in [4.78, 5) is 7.09. The smallest absolute Gasteiger partial charge is 0.191 e. The Hall–Kier alpha value is -0.0800. The molecule has 2 atom stereocenters. The second-order valence-electron chi connectivity index (χ2n) is 8.44. The fourth-order valence-corrected chi connectivity index (χ4v) is 5.18. The summed E-state index contributed by atoms with van der Waals surface area (Å²) in [7, 11) is 1.90. The first kappa shape index (κ1) is 22.2. The summed E-state index contributed by atoms with van der Waals surface area (Å²) in [6.45, 7) is 9.91. The SMILES string of the molecule is CCOC1CC(NC(=NC)NC2CCN(C(C)C)CC2)C12CCCC2.I. The number of ether oxygens (including phenoxy) is 1. The number of aliphatic imine (C=N–C) groups is 1. The van der Waals surface area contributed by atoms with Crippen molar-refractivity contribution < 1.29 is 4.74 Å². The number of piperidine rings is 1. The van der Waals surface area contributed by atoms with Crippen LogP contribution in [0.15, 0.2) is 4.99 Å². The van der Waals surface area contributed by atoms with Crippen LogP contribution >= 0.6 is 24.0 Å². The average Bonchev–Trinajstić information content (AvgIpc) is 3.13. The molecule has 2 aliphatic carbocycles. The maximum Gasteiger partial charge on any atom is 0.191 e. The van der Waals surface area contributed by atoms with Gasteiger partial charge in [-0.05, 0) is 52.9 Å². The third-order valence-corrected chi connectivity index (χ3v) is 6.82. The van der Waals surface area contributed by atoms with Crippen LogP contribution in [0.1, 0.15) is 65.7 Å². The Bertz CT molecular complexity index is 457. The lowest BCUT2D eigenvalue weighted by atomic mass is 9.60. The Morgan fingerprint density at radius 1 is 1.19 bits per heavy atom. The number of nitrogens with one attached hydrogen (secondary N) is 2. The number of halogens is 1. The van der Waals surface area contributed by atoms with Gasteiger partial charge in [0.1, 0.15) is 0 Å². The molecule has 1 spiro atoms. The van der Waals surface area contributed by atoms with Crippen molar-refractivity contribution in [2.24, 2.45) is 10.4 Å². The third-order valence-electron chi connectivity index (χ3n) is 6.82. The van der Waals surface area contributed by atoms with Gasteiger partial charge in [0, 0.05) is 50.3 Å². The number of likely N-dealkylation sites (tertiary alicyclic amines) is 1. The molecule has 1 aliphatic heterocycles. The number of hydrogen-bond acceptors (Lipinski definition) is 3. The van der Waals surface area contributed by atoms with E-state index in [1.807, 2.05) is 7.05 Å². The molecular weight excluding hydrogens is 439 g/mol. The fourth-order valence-electron chi connectivity index (χ4n) is 5.18. The zero-order valence-electron chi connectivity index (χ0n) is 17.1. The normalized spacial score (nSPS) is 29.5. The molecule has 3 aliphatic rings. The van der Waals surface area contributed by atoms with Gasteiger partial charge in [-0.25, -0.2) is 0 Å². The van der Waals surface area contributed by atoms with E-state index in [0.717, 1.165) is 19.0 Å². The molecule has 0 amide bonds. The third kappa shape index (κ3) is 4.66. The van der Waals surface area contributed by atoms with Crippen molar-refractivity contribution in [2.75, 3.05) is 26.7 Å². The summed E-state index contributed by atoms with van der Waals surface area (Å²) >= 11 is 0. The van der Waals surface area contributed by atoms with Gasteiger partial charge < -0.3 is 20.3 Å². The standard InChI is InChI=1S/C20H38N4O.HI/c1-5-25-18-14-17(20(18)10-6-7-11-20)23-19(21-4)22-16-8-12-24(13-9-16)15(2)3;/h15-18H,5-14H2,1-4H3,(H2,21,22,23);1H. The van der Waals surface area contributed by atoms with Crippen LogP contribution in [0.2, 0.25) is 0 Å². The second kappa shape index (κ2) is 9.92. The zero-order valence-corrected chi connectivity index (χ0v) is 19.4. The molecule has 1 heterocycles. The van der Waals surface area contributed by atoms with E-state index in [9.17, 15) is 0 Å². The predicted octanol–water partition coefficient (Wildman–Crippen LogP) is 3.38. The van der Waals surface area contributed by atoms with Crippen molar-refractivity contribution in [1.82, 2.24) is 15.5 Å². The van der Waals surface area contributed by atoms with E-state index >= 15 is 0 Å². The monoisotopic (exact) mass is 478 g/mol. The summed E-state index contributed by atoms with van der Waals surface area (Å²) in [6.07, 6.45) is 9.29. The summed E-state index contributed by atoms with van der Waals surface area (Å²) < 4.78 is 6.04. The van der Waals surface area contributed by atoms with Gasteiger partial charge in [0.15, 0.2) is 5.96 Å². The van der Waals surface area contributed by atoms with Gasteiger partial charge in [-0.15, -0.1) is 24.0 Å². The lowest BCUT2D eigenvalue weighted by molar-refractivity contribution is -0.125. The molecule has 2 N–H and O–H groups in total. The lowest BCUT2D eigenvalue weighted by Crippen LogP contribution is -2.65. The molecule has 152 valence electrons. The van der Waals surface area contributed by atoms with Crippen LogP contribution in [0.5, 0.6) is 0 Å². The molecule has 0 aromatic carbocycles. The highest BCUT2D eigenvalue weighted by Gasteiger charge is 2.57. The van der Waals surface area contributed by atoms with Crippen LogP contribution in [0.4, 0.5) is 0 Å². The largest absolute Gasteiger partial charge is 0.378 e. The highest BCUT2D eigenvalue weighted by atomic mass is 127. The van der Waals surface area contributed by atoms with E-state index in [2.05, 4.69) is 41.3 Å². The van der Waals surface area contributed by atoms with Crippen molar-refractivity contribution >= 4 is 29.9 Å². The first-order valence-corrected chi connectivity index (χ1v) is 10.4. The van der Waals surface area contributed by atoms with Crippen LogP contribution in [-0.4, -0.2) is 61.8 Å². The zero-order chi connectivity index (χ0) is 17.9. The van der Waals surface area contributed by atoms with Gasteiger partial charge in [-0.3, -0.25) is 4.99 Å². The minimum absolute atomic E-state index is 0. The van der Waals surface area contributed by atoms with Crippen molar-refractivity contribution in [2.45, 2.75) is 89.9 Å². The van der Waals surface area contributed by atoms with E-state index < -0.39 is 0 Å². The van der Waals surface area contributed by atoms with Crippen LogP contribution in [0.3, 0.4) is 0 Å². The number of guanidine groups is 1. The summed E-state index contributed by atoms with van der Waals surface area (Å²) in [6, 6.07) is 1.73. The van der Waals surface area contributed by atoms with Crippen molar-refractivity contribution in [1.29, 1.82) is 0 Å². The number of nitrogens with zero attached hydrogens (tertiary/aromatic N) is 2. The van der Waals surface area contributed by atoms with E-state index in [-0.39, 0.29) is 24.0 Å². The topological polar surface area (TPSA) is 48.9 Å². The molecule has 0 radical (unpaired) electrons. The summed E-state index contributed by atoms with van der Waals surface area (Å²) in [5.41, 5.74) is 0.356. The first-order valence-electron chi connectivity index (χ1n) is 10.4. The Morgan fingerprint density at radius 3 is 2.38 bits per heavy atom. The van der Waals surface area contributed by atoms with Crippen LogP contribution in [-0.2, 0) is 4.74 Å². The predicted molar refractivity (Wildman–Crippen MR) is 119 cm³/mol. The molecule has 1 saturated heterocycles. The average molecular weight is 478 g/mol. The van der Waals surface area contributed by atoms with Crippen molar-refractivity contribution in [3.05, 3.63) is 0 Å². The quantitative estimate of drug-likeness (QED) is 0.362. The van der Waals surface area contributed by atoms with Crippen LogP contribution < -0.4 is 10.6 Å².